The van der Waals surface area contributed by atoms with E-state index in [1.165, 1.54) is 6.07 Å². The van der Waals surface area contributed by atoms with E-state index in [-0.39, 0.29) is 12.0 Å². The summed E-state index contributed by atoms with van der Waals surface area (Å²) in [5.74, 6) is 0.164. The van der Waals surface area contributed by atoms with E-state index in [0.29, 0.717) is 29.4 Å². The summed E-state index contributed by atoms with van der Waals surface area (Å²) in [6, 6.07) is 12.8. The summed E-state index contributed by atoms with van der Waals surface area (Å²) < 4.78 is 20.3. The second-order valence-electron chi connectivity index (χ2n) is 6.21. The molecule has 2 aromatic rings. The maximum absolute atomic E-state index is 14.4. The standard InChI is InChI=1S/C21H18ClFN2O/c22-20-17(11-15-12-25-21-16(15)7-4-10-24-21)18(23)8-9-19(20)26-13-14-5-2-1-3-6-14/h1-10,12,21,24-25H,11,13H2. The molecule has 0 aromatic heterocycles. The molecule has 0 spiro atoms. The Labute approximate surface area is 156 Å². The molecule has 2 N–H and O–H groups in total. The van der Waals surface area contributed by atoms with Gasteiger partial charge in [-0.25, -0.2) is 4.39 Å². The van der Waals surface area contributed by atoms with Crippen LogP contribution in [0.3, 0.4) is 0 Å². The van der Waals surface area contributed by atoms with Crippen molar-refractivity contribution in [1.82, 2.24) is 10.6 Å². The van der Waals surface area contributed by atoms with E-state index in [0.717, 1.165) is 16.7 Å². The molecule has 1 atom stereocenters. The molecule has 4 rings (SSSR count). The minimum Gasteiger partial charge on any atom is -0.487 e. The summed E-state index contributed by atoms with van der Waals surface area (Å²) in [7, 11) is 0. The van der Waals surface area contributed by atoms with Gasteiger partial charge in [0.15, 0.2) is 0 Å². The van der Waals surface area contributed by atoms with Gasteiger partial charge in [-0.05, 0) is 41.1 Å². The fraction of sp³-hybridized carbons (Fsp3) is 0.143. The quantitative estimate of drug-likeness (QED) is 0.817. The predicted molar refractivity (Wildman–Crippen MR) is 101 cm³/mol. The number of fused-ring (bicyclic) bond motifs is 1. The van der Waals surface area contributed by atoms with Crippen LogP contribution in [0.4, 0.5) is 4.39 Å². The second kappa shape index (κ2) is 7.26. The van der Waals surface area contributed by atoms with Crippen molar-refractivity contribution in [2.45, 2.75) is 19.2 Å². The molecule has 0 bridgehead atoms. The summed E-state index contributed by atoms with van der Waals surface area (Å²) in [6.45, 7) is 0.387. The van der Waals surface area contributed by atoms with E-state index in [4.69, 9.17) is 16.3 Å². The number of ether oxygens (including phenoxy) is 1. The number of hydrogen-bond donors (Lipinski definition) is 2. The number of hydrogen-bond acceptors (Lipinski definition) is 3. The second-order valence-corrected chi connectivity index (χ2v) is 6.58. The zero-order chi connectivity index (χ0) is 17.9. The summed E-state index contributed by atoms with van der Waals surface area (Å²) in [6.07, 6.45) is 8.18. The summed E-state index contributed by atoms with van der Waals surface area (Å²) in [4.78, 5) is 0. The van der Waals surface area contributed by atoms with Crippen LogP contribution in [0.1, 0.15) is 11.1 Å². The summed E-state index contributed by atoms with van der Waals surface area (Å²) in [5.41, 5.74) is 3.58. The first-order valence-corrected chi connectivity index (χ1v) is 8.82. The van der Waals surface area contributed by atoms with Crippen LogP contribution in [0.25, 0.3) is 0 Å². The van der Waals surface area contributed by atoms with Crippen molar-refractivity contribution < 1.29 is 9.13 Å². The maximum Gasteiger partial charge on any atom is 0.138 e. The Hall–Kier alpha value is -2.72. The number of rotatable bonds is 5. The average Bonchev–Trinajstić information content (AvgIpc) is 3.08. The molecule has 1 unspecified atom stereocenters. The normalized spacial score (nSPS) is 17.7. The molecule has 2 aliphatic rings. The molecule has 0 saturated carbocycles. The zero-order valence-electron chi connectivity index (χ0n) is 14.0. The van der Waals surface area contributed by atoms with Crippen LogP contribution >= 0.6 is 11.6 Å². The van der Waals surface area contributed by atoms with Crippen LogP contribution in [-0.4, -0.2) is 6.17 Å². The van der Waals surface area contributed by atoms with Gasteiger partial charge in [0.25, 0.3) is 0 Å². The lowest BCUT2D eigenvalue weighted by atomic mass is 9.97. The lowest BCUT2D eigenvalue weighted by Crippen LogP contribution is -2.35. The Balaban J connectivity index is 1.55. The molecule has 3 nitrogen and oxygen atoms in total. The summed E-state index contributed by atoms with van der Waals surface area (Å²) in [5, 5.41) is 6.78. The Morgan fingerprint density at radius 2 is 1.92 bits per heavy atom. The van der Waals surface area contributed by atoms with Crippen LogP contribution in [0.15, 0.2) is 78.2 Å². The Morgan fingerprint density at radius 3 is 2.77 bits per heavy atom. The molecule has 2 aliphatic heterocycles. The van der Waals surface area contributed by atoms with Crippen molar-refractivity contribution in [1.29, 1.82) is 0 Å². The van der Waals surface area contributed by atoms with Gasteiger partial charge >= 0.3 is 0 Å². The van der Waals surface area contributed by atoms with Crippen molar-refractivity contribution >= 4 is 11.6 Å². The minimum absolute atomic E-state index is 0.0364. The van der Waals surface area contributed by atoms with Crippen molar-refractivity contribution in [3.8, 4) is 5.75 Å². The van der Waals surface area contributed by atoms with E-state index in [9.17, 15) is 4.39 Å². The molecule has 0 aliphatic carbocycles. The van der Waals surface area contributed by atoms with Gasteiger partial charge in [-0.3, -0.25) is 0 Å². The third-order valence-electron chi connectivity index (χ3n) is 4.50. The minimum atomic E-state index is -0.327. The monoisotopic (exact) mass is 368 g/mol. The van der Waals surface area contributed by atoms with E-state index in [2.05, 4.69) is 10.6 Å². The highest BCUT2D eigenvalue weighted by Gasteiger charge is 2.25. The molecule has 0 saturated heterocycles. The summed E-state index contributed by atoms with van der Waals surface area (Å²) >= 11 is 6.47. The van der Waals surface area contributed by atoms with Gasteiger partial charge in [-0.1, -0.05) is 48.0 Å². The lowest BCUT2D eigenvalue weighted by Gasteiger charge is -2.19. The van der Waals surface area contributed by atoms with E-state index in [1.54, 1.807) is 6.07 Å². The third kappa shape index (κ3) is 3.33. The first kappa shape index (κ1) is 16.7. The maximum atomic E-state index is 14.4. The molecule has 2 aromatic carbocycles. The highest BCUT2D eigenvalue weighted by molar-refractivity contribution is 6.32. The Morgan fingerprint density at radius 1 is 1.08 bits per heavy atom. The van der Waals surface area contributed by atoms with Crippen LogP contribution in [0.2, 0.25) is 5.02 Å². The van der Waals surface area contributed by atoms with Gasteiger partial charge < -0.3 is 15.4 Å². The fourth-order valence-electron chi connectivity index (χ4n) is 3.12. The predicted octanol–water partition coefficient (Wildman–Crippen LogP) is 4.46. The number of halogens is 2. The first-order valence-electron chi connectivity index (χ1n) is 8.44. The van der Waals surface area contributed by atoms with Crippen molar-refractivity contribution in [3.05, 3.63) is 100 Å². The van der Waals surface area contributed by atoms with Crippen LogP contribution in [0.5, 0.6) is 5.75 Å². The topological polar surface area (TPSA) is 33.3 Å². The van der Waals surface area contributed by atoms with Crippen LogP contribution in [0, 0.1) is 5.82 Å². The SMILES string of the molecule is Fc1ccc(OCc2ccccc2)c(Cl)c1CC1=CNC2NC=CC=C12. The van der Waals surface area contributed by atoms with Crippen LogP contribution in [-0.2, 0) is 13.0 Å². The van der Waals surface area contributed by atoms with Crippen molar-refractivity contribution in [2.24, 2.45) is 0 Å². The van der Waals surface area contributed by atoms with Gasteiger partial charge in [-0.15, -0.1) is 0 Å². The molecule has 2 heterocycles. The van der Waals surface area contributed by atoms with Crippen molar-refractivity contribution in [2.75, 3.05) is 0 Å². The Kier molecular flexibility index (Phi) is 4.67. The molecule has 5 heteroatoms. The molecule has 0 fully saturated rings. The van der Waals surface area contributed by atoms with Gasteiger partial charge in [0.1, 0.15) is 24.3 Å². The van der Waals surface area contributed by atoms with E-state index < -0.39 is 0 Å². The van der Waals surface area contributed by atoms with Crippen molar-refractivity contribution in [3.63, 3.8) is 0 Å². The number of dihydropyridines is 1. The van der Waals surface area contributed by atoms with Gasteiger partial charge in [-0.2, -0.15) is 0 Å². The lowest BCUT2D eigenvalue weighted by molar-refractivity contribution is 0.305. The largest absolute Gasteiger partial charge is 0.487 e. The highest BCUT2D eigenvalue weighted by atomic mass is 35.5. The van der Waals surface area contributed by atoms with E-state index in [1.807, 2.05) is 54.9 Å². The van der Waals surface area contributed by atoms with Gasteiger partial charge in [0, 0.05) is 18.2 Å². The Bertz CT molecular complexity index is 906. The third-order valence-corrected chi connectivity index (χ3v) is 4.91. The average molecular weight is 369 g/mol. The fourth-order valence-corrected chi connectivity index (χ4v) is 3.39. The van der Waals surface area contributed by atoms with E-state index >= 15 is 0 Å². The number of nitrogens with one attached hydrogen (secondary N) is 2. The van der Waals surface area contributed by atoms with Crippen LogP contribution < -0.4 is 15.4 Å². The molecule has 132 valence electrons. The first-order chi connectivity index (χ1) is 12.7. The molecular formula is C21H18ClFN2O. The molecule has 0 amide bonds. The smallest absolute Gasteiger partial charge is 0.138 e. The highest BCUT2D eigenvalue weighted by Crippen LogP contribution is 2.34. The molecular weight excluding hydrogens is 351 g/mol. The number of allylic oxidation sites excluding steroid dienone is 2. The van der Waals surface area contributed by atoms with Gasteiger partial charge in [0.2, 0.25) is 0 Å². The number of benzene rings is 2. The molecule has 26 heavy (non-hydrogen) atoms. The molecule has 0 radical (unpaired) electrons. The zero-order valence-corrected chi connectivity index (χ0v) is 14.8. The van der Waals surface area contributed by atoms with Gasteiger partial charge in [0.05, 0.1) is 5.02 Å².